The van der Waals surface area contributed by atoms with E-state index in [2.05, 4.69) is 4.18 Å². The monoisotopic (exact) mass is 242 g/mol. The molecule has 1 rings (SSSR count). The minimum absolute atomic E-state index is 0.0504. The Labute approximate surface area is 86.6 Å². The predicted molar refractivity (Wildman–Crippen MR) is 45.4 cm³/mol. The lowest BCUT2D eigenvalue weighted by Crippen LogP contribution is -2.57. The highest BCUT2D eigenvalue weighted by Gasteiger charge is 2.36. The highest BCUT2D eigenvalue weighted by atomic mass is 32.3. The standard InChI is InChI=1S/C6H13NO7S/c7-3-1-13-4(6(9)5(3)8)2-14-15(10,11)12/h3-6,8-9H,1-2,7H2,(H,10,11,12)/p-1/t3?,4?,5-,6+/m0/s1. The quantitative estimate of drug-likeness (QED) is 0.349. The van der Waals surface area contributed by atoms with Gasteiger partial charge < -0.3 is 25.2 Å². The minimum atomic E-state index is -4.83. The van der Waals surface area contributed by atoms with Gasteiger partial charge in [-0.1, -0.05) is 0 Å². The Morgan fingerprint density at radius 1 is 1.47 bits per heavy atom. The maximum Gasteiger partial charge on any atom is 0.217 e. The third-order valence-electron chi connectivity index (χ3n) is 2.05. The number of hydrogen-bond acceptors (Lipinski definition) is 8. The maximum absolute atomic E-state index is 10.1. The summed E-state index contributed by atoms with van der Waals surface area (Å²) in [4.78, 5) is 0. The van der Waals surface area contributed by atoms with Gasteiger partial charge in [0.2, 0.25) is 10.4 Å². The second-order valence-corrected chi connectivity index (χ2v) is 4.26. The predicted octanol–water partition coefficient (Wildman–Crippen LogP) is -3.09. The van der Waals surface area contributed by atoms with Gasteiger partial charge in [0.05, 0.1) is 25.4 Å². The fraction of sp³-hybridized carbons (Fsp3) is 1.00. The zero-order chi connectivity index (χ0) is 11.6. The van der Waals surface area contributed by atoms with Crippen LogP contribution in [0.3, 0.4) is 0 Å². The van der Waals surface area contributed by atoms with E-state index in [4.69, 9.17) is 10.5 Å². The van der Waals surface area contributed by atoms with Gasteiger partial charge in [-0.3, -0.25) is 4.18 Å². The molecule has 1 saturated heterocycles. The molecule has 0 aliphatic carbocycles. The molecule has 4 atom stereocenters. The summed E-state index contributed by atoms with van der Waals surface area (Å²) in [6.07, 6.45) is -3.69. The van der Waals surface area contributed by atoms with Crippen LogP contribution in [0.1, 0.15) is 0 Å². The summed E-state index contributed by atoms with van der Waals surface area (Å²) >= 11 is 0. The van der Waals surface area contributed by atoms with Gasteiger partial charge in [0.1, 0.15) is 12.2 Å². The van der Waals surface area contributed by atoms with Crippen LogP contribution >= 0.6 is 0 Å². The molecule has 90 valence electrons. The van der Waals surface area contributed by atoms with E-state index in [1.165, 1.54) is 0 Å². The number of nitrogens with two attached hydrogens (primary N) is 1. The molecule has 0 saturated carbocycles. The molecule has 0 bridgehead atoms. The summed E-state index contributed by atoms with van der Waals surface area (Å²) in [5, 5.41) is 18.7. The van der Waals surface area contributed by atoms with Gasteiger partial charge in [0.25, 0.3) is 0 Å². The van der Waals surface area contributed by atoms with Gasteiger partial charge in [-0.25, -0.2) is 8.42 Å². The van der Waals surface area contributed by atoms with Crippen molar-refractivity contribution in [2.24, 2.45) is 5.73 Å². The smallest absolute Gasteiger partial charge is 0.217 e. The van der Waals surface area contributed by atoms with E-state index in [-0.39, 0.29) is 6.61 Å². The molecule has 4 N–H and O–H groups in total. The van der Waals surface area contributed by atoms with Crippen LogP contribution in [-0.2, 0) is 19.3 Å². The topological polar surface area (TPSA) is 142 Å². The molecule has 1 heterocycles. The first-order valence-electron chi connectivity index (χ1n) is 4.15. The van der Waals surface area contributed by atoms with Crippen LogP contribution in [-0.4, -0.2) is 60.8 Å². The summed E-state index contributed by atoms with van der Waals surface area (Å²) in [7, 11) is -4.83. The highest BCUT2D eigenvalue weighted by molar-refractivity contribution is 7.80. The molecule has 0 radical (unpaired) electrons. The van der Waals surface area contributed by atoms with Crippen LogP contribution < -0.4 is 5.73 Å². The van der Waals surface area contributed by atoms with Crippen LogP contribution in [0.25, 0.3) is 0 Å². The summed E-state index contributed by atoms with van der Waals surface area (Å²) < 4.78 is 39.2. The molecule has 0 aromatic carbocycles. The van der Waals surface area contributed by atoms with Crippen molar-refractivity contribution in [1.29, 1.82) is 0 Å². The van der Waals surface area contributed by atoms with Crippen molar-refractivity contribution >= 4 is 10.4 Å². The van der Waals surface area contributed by atoms with Crippen molar-refractivity contribution in [3.05, 3.63) is 0 Å². The number of aliphatic hydroxyl groups is 2. The number of ether oxygens (including phenoxy) is 1. The van der Waals surface area contributed by atoms with Gasteiger partial charge in [0, 0.05) is 0 Å². The van der Waals surface area contributed by atoms with Crippen molar-refractivity contribution in [2.75, 3.05) is 13.2 Å². The molecule has 0 spiro atoms. The lowest BCUT2D eigenvalue weighted by Gasteiger charge is -2.35. The molecule has 1 aliphatic heterocycles. The molecule has 15 heavy (non-hydrogen) atoms. The van der Waals surface area contributed by atoms with E-state index in [1.54, 1.807) is 0 Å². The molecular formula is C6H12NO7S-. The van der Waals surface area contributed by atoms with Gasteiger partial charge in [-0.05, 0) is 0 Å². The van der Waals surface area contributed by atoms with E-state index >= 15 is 0 Å². The zero-order valence-corrected chi connectivity index (χ0v) is 8.46. The minimum Gasteiger partial charge on any atom is -0.726 e. The average molecular weight is 242 g/mol. The van der Waals surface area contributed by atoms with Crippen molar-refractivity contribution < 1.29 is 32.1 Å². The summed E-state index contributed by atoms with van der Waals surface area (Å²) in [5.74, 6) is 0. The van der Waals surface area contributed by atoms with Crippen molar-refractivity contribution in [3.8, 4) is 0 Å². The average Bonchev–Trinajstić information content (AvgIpc) is 2.12. The molecule has 9 heteroatoms. The molecule has 8 nitrogen and oxygen atoms in total. The van der Waals surface area contributed by atoms with Crippen LogP contribution in [0.5, 0.6) is 0 Å². The molecular weight excluding hydrogens is 230 g/mol. The van der Waals surface area contributed by atoms with Crippen molar-refractivity contribution in [2.45, 2.75) is 24.4 Å². The van der Waals surface area contributed by atoms with Crippen LogP contribution in [0.2, 0.25) is 0 Å². The van der Waals surface area contributed by atoms with Crippen molar-refractivity contribution in [3.63, 3.8) is 0 Å². The lowest BCUT2D eigenvalue weighted by atomic mass is 9.99. The fourth-order valence-electron chi connectivity index (χ4n) is 1.20. The Hall–Kier alpha value is -0.290. The van der Waals surface area contributed by atoms with Crippen LogP contribution in [0.15, 0.2) is 0 Å². The van der Waals surface area contributed by atoms with Crippen LogP contribution in [0.4, 0.5) is 0 Å². The summed E-state index contributed by atoms with van der Waals surface area (Å²) in [6, 6.07) is -0.750. The SMILES string of the molecule is NC1COC(COS(=O)(=O)[O-])[C@@H](O)[C@H]1O. The van der Waals surface area contributed by atoms with Gasteiger partial charge in [-0.2, -0.15) is 0 Å². The first-order chi connectivity index (χ1) is 6.81. The number of hydrogen-bond donors (Lipinski definition) is 3. The lowest BCUT2D eigenvalue weighted by molar-refractivity contribution is -0.153. The fourth-order valence-corrected chi connectivity index (χ4v) is 1.50. The Kier molecular flexibility index (Phi) is 4.00. The Morgan fingerprint density at radius 3 is 2.60 bits per heavy atom. The van der Waals surface area contributed by atoms with E-state index in [9.17, 15) is 23.2 Å². The Morgan fingerprint density at radius 2 is 2.07 bits per heavy atom. The highest BCUT2D eigenvalue weighted by Crippen LogP contribution is 2.15. The van der Waals surface area contributed by atoms with Crippen LogP contribution in [0, 0.1) is 0 Å². The molecule has 1 aliphatic rings. The molecule has 2 unspecified atom stereocenters. The van der Waals surface area contributed by atoms with E-state index in [0.717, 1.165) is 0 Å². The normalized spacial score (nSPS) is 37.9. The third kappa shape index (κ3) is 3.65. The molecule has 0 aromatic rings. The molecule has 1 fully saturated rings. The third-order valence-corrected chi connectivity index (χ3v) is 2.47. The van der Waals surface area contributed by atoms with Crippen molar-refractivity contribution in [1.82, 2.24) is 0 Å². The number of rotatable bonds is 3. The first kappa shape index (κ1) is 12.8. The summed E-state index contributed by atoms with van der Waals surface area (Å²) in [6.45, 7) is -0.693. The second kappa shape index (κ2) is 4.70. The zero-order valence-electron chi connectivity index (χ0n) is 7.64. The molecule has 0 amide bonds. The first-order valence-corrected chi connectivity index (χ1v) is 5.48. The van der Waals surface area contributed by atoms with E-state index in [0.29, 0.717) is 0 Å². The summed E-state index contributed by atoms with van der Waals surface area (Å²) in [5.41, 5.74) is 5.36. The number of aliphatic hydroxyl groups excluding tert-OH is 2. The van der Waals surface area contributed by atoms with E-state index in [1.807, 2.05) is 0 Å². The molecule has 0 aromatic heterocycles. The van der Waals surface area contributed by atoms with Gasteiger partial charge in [0.15, 0.2) is 0 Å². The Balaban J connectivity index is 2.50. The second-order valence-electron chi connectivity index (χ2n) is 3.21. The Bertz CT molecular complexity index is 305. The largest absolute Gasteiger partial charge is 0.726 e. The van der Waals surface area contributed by atoms with E-state index < -0.39 is 41.4 Å². The van der Waals surface area contributed by atoms with Gasteiger partial charge in [-0.15, -0.1) is 0 Å². The van der Waals surface area contributed by atoms with Gasteiger partial charge >= 0.3 is 0 Å². The maximum atomic E-state index is 10.1.